The van der Waals surface area contributed by atoms with Crippen LogP contribution in [0.15, 0.2) is 18.4 Å². The van der Waals surface area contributed by atoms with Crippen molar-refractivity contribution in [2.45, 2.75) is 46.0 Å². The molecule has 0 fully saturated rings. The monoisotopic (exact) mass is 210 g/mol. The molecule has 0 rings (SSSR count). The molecule has 0 bridgehead atoms. The van der Waals surface area contributed by atoms with Crippen LogP contribution in [0.2, 0.25) is 0 Å². The van der Waals surface area contributed by atoms with Gasteiger partial charge in [0.05, 0.1) is 0 Å². The molecular formula is C13H22O2. The summed E-state index contributed by atoms with van der Waals surface area (Å²) >= 11 is 0. The van der Waals surface area contributed by atoms with Crippen molar-refractivity contribution in [1.29, 1.82) is 0 Å². The molecule has 1 N–H and O–H groups in total. The minimum Gasteiger partial charge on any atom is -0.481 e. The third-order valence-electron chi connectivity index (χ3n) is 2.43. The molecule has 0 radical (unpaired) electrons. The first-order chi connectivity index (χ1) is 7.06. The molecule has 15 heavy (non-hydrogen) atoms. The second-order valence-electron chi connectivity index (χ2n) is 4.39. The minimum absolute atomic E-state index is 0.267. The van der Waals surface area contributed by atoms with Gasteiger partial charge in [-0.1, -0.05) is 26.8 Å². The zero-order chi connectivity index (χ0) is 11.7. The average molecular weight is 210 g/mol. The summed E-state index contributed by atoms with van der Waals surface area (Å²) in [6.45, 7) is 7.97. The molecule has 86 valence electrons. The molecule has 0 aromatic carbocycles. The molecule has 0 aliphatic carbocycles. The van der Waals surface area contributed by atoms with Crippen LogP contribution in [-0.4, -0.2) is 11.1 Å². The maximum Gasteiger partial charge on any atom is 0.303 e. The Labute approximate surface area is 92.7 Å². The number of carboxylic acid groups (broad SMARTS) is 1. The summed E-state index contributed by atoms with van der Waals surface area (Å²) in [7, 11) is 0. The molecule has 0 aromatic rings. The highest BCUT2D eigenvalue weighted by Gasteiger charge is 2.07. The summed E-state index contributed by atoms with van der Waals surface area (Å²) in [5, 5.41) is 8.54. The SMILES string of the molecule is C=C=CC(CCCC(=O)O)CCC(C)C. The van der Waals surface area contributed by atoms with Crippen molar-refractivity contribution in [2.75, 3.05) is 0 Å². The van der Waals surface area contributed by atoms with Crippen LogP contribution in [0.5, 0.6) is 0 Å². The second-order valence-corrected chi connectivity index (χ2v) is 4.39. The van der Waals surface area contributed by atoms with Crippen LogP contribution < -0.4 is 0 Å². The van der Waals surface area contributed by atoms with Crippen LogP contribution in [0.1, 0.15) is 46.0 Å². The normalized spacial score (nSPS) is 12.2. The highest BCUT2D eigenvalue weighted by molar-refractivity contribution is 5.66. The van der Waals surface area contributed by atoms with Gasteiger partial charge < -0.3 is 5.11 Å². The number of carbonyl (C=O) groups is 1. The van der Waals surface area contributed by atoms with Crippen molar-refractivity contribution in [3.8, 4) is 0 Å². The quantitative estimate of drug-likeness (QED) is 0.621. The molecule has 0 saturated heterocycles. The molecule has 2 heteroatoms. The van der Waals surface area contributed by atoms with Crippen LogP contribution in [0, 0.1) is 11.8 Å². The van der Waals surface area contributed by atoms with Crippen LogP contribution in [0.25, 0.3) is 0 Å². The lowest BCUT2D eigenvalue weighted by Crippen LogP contribution is -2.01. The molecule has 0 aromatic heterocycles. The number of hydrogen-bond acceptors (Lipinski definition) is 1. The Morgan fingerprint density at radius 2 is 2.07 bits per heavy atom. The fourth-order valence-corrected chi connectivity index (χ4v) is 1.54. The minimum atomic E-state index is -0.708. The van der Waals surface area contributed by atoms with E-state index in [0.29, 0.717) is 11.8 Å². The van der Waals surface area contributed by atoms with E-state index in [1.54, 1.807) is 0 Å². The highest BCUT2D eigenvalue weighted by Crippen LogP contribution is 2.19. The van der Waals surface area contributed by atoms with Gasteiger partial charge in [0.15, 0.2) is 0 Å². The number of aliphatic carboxylic acids is 1. The van der Waals surface area contributed by atoms with Gasteiger partial charge in [-0.15, -0.1) is 5.73 Å². The Morgan fingerprint density at radius 3 is 2.53 bits per heavy atom. The van der Waals surface area contributed by atoms with Gasteiger partial charge in [-0.05, 0) is 37.2 Å². The van der Waals surface area contributed by atoms with Crippen LogP contribution in [0.4, 0.5) is 0 Å². The van der Waals surface area contributed by atoms with Gasteiger partial charge in [-0.3, -0.25) is 4.79 Å². The number of allylic oxidation sites excluding steroid dienone is 1. The number of hydrogen-bond donors (Lipinski definition) is 1. The molecular weight excluding hydrogens is 188 g/mol. The van der Waals surface area contributed by atoms with E-state index >= 15 is 0 Å². The van der Waals surface area contributed by atoms with E-state index in [-0.39, 0.29) is 6.42 Å². The molecule has 0 heterocycles. The van der Waals surface area contributed by atoms with Gasteiger partial charge >= 0.3 is 5.97 Å². The molecule has 2 nitrogen and oxygen atoms in total. The average Bonchev–Trinajstić information content (AvgIpc) is 2.13. The van der Waals surface area contributed by atoms with Crippen molar-refractivity contribution >= 4 is 5.97 Å². The van der Waals surface area contributed by atoms with Crippen LogP contribution in [-0.2, 0) is 4.79 Å². The van der Waals surface area contributed by atoms with E-state index in [0.717, 1.165) is 19.3 Å². The summed E-state index contributed by atoms with van der Waals surface area (Å²) in [6.07, 6.45) is 6.21. The van der Waals surface area contributed by atoms with Gasteiger partial charge in [-0.2, -0.15) is 0 Å². The second kappa shape index (κ2) is 8.31. The fraction of sp³-hybridized carbons (Fsp3) is 0.692. The van der Waals surface area contributed by atoms with Crippen LogP contribution in [0.3, 0.4) is 0 Å². The molecule has 0 spiro atoms. The first-order valence-electron chi connectivity index (χ1n) is 5.64. The summed E-state index contributed by atoms with van der Waals surface area (Å²) < 4.78 is 0. The van der Waals surface area contributed by atoms with Crippen molar-refractivity contribution in [3.05, 3.63) is 18.4 Å². The Morgan fingerprint density at radius 1 is 1.40 bits per heavy atom. The van der Waals surface area contributed by atoms with Gasteiger partial charge in [0.1, 0.15) is 0 Å². The van der Waals surface area contributed by atoms with Crippen molar-refractivity contribution in [3.63, 3.8) is 0 Å². The Bertz CT molecular complexity index is 225. The van der Waals surface area contributed by atoms with Crippen LogP contribution >= 0.6 is 0 Å². The largest absolute Gasteiger partial charge is 0.481 e. The smallest absolute Gasteiger partial charge is 0.303 e. The number of rotatable bonds is 8. The maximum atomic E-state index is 10.4. The molecule has 0 aliphatic heterocycles. The first-order valence-corrected chi connectivity index (χ1v) is 5.64. The van der Waals surface area contributed by atoms with Gasteiger partial charge in [0, 0.05) is 6.42 Å². The van der Waals surface area contributed by atoms with Crippen molar-refractivity contribution < 1.29 is 9.90 Å². The number of carboxylic acids is 1. The first kappa shape index (κ1) is 14.0. The van der Waals surface area contributed by atoms with E-state index in [9.17, 15) is 4.79 Å². The molecule has 1 unspecified atom stereocenters. The summed E-state index contributed by atoms with van der Waals surface area (Å²) in [5.41, 5.74) is 2.81. The third kappa shape index (κ3) is 9.30. The Kier molecular flexibility index (Phi) is 7.75. The Balaban J connectivity index is 3.83. The lowest BCUT2D eigenvalue weighted by Gasteiger charge is -2.12. The summed E-state index contributed by atoms with van der Waals surface area (Å²) in [5.74, 6) is 0.439. The van der Waals surface area contributed by atoms with E-state index < -0.39 is 5.97 Å². The summed E-state index contributed by atoms with van der Waals surface area (Å²) in [4.78, 5) is 10.4. The highest BCUT2D eigenvalue weighted by atomic mass is 16.4. The molecule has 0 saturated carbocycles. The van der Waals surface area contributed by atoms with E-state index in [1.165, 1.54) is 6.42 Å². The Hall–Kier alpha value is -1.01. The zero-order valence-corrected chi connectivity index (χ0v) is 9.83. The van der Waals surface area contributed by atoms with Crippen molar-refractivity contribution in [2.24, 2.45) is 11.8 Å². The van der Waals surface area contributed by atoms with Gasteiger partial charge in [-0.25, -0.2) is 0 Å². The lowest BCUT2D eigenvalue weighted by molar-refractivity contribution is -0.137. The molecule has 0 aliphatic rings. The van der Waals surface area contributed by atoms with E-state index in [4.69, 9.17) is 5.11 Å². The topological polar surface area (TPSA) is 37.3 Å². The molecule has 0 amide bonds. The van der Waals surface area contributed by atoms with E-state index in [1.807, 2.05) is 6.08 Å². The lowest BCUT2D eigenvalue weighted by atomic mass is 9.93. The predicted octanol–water partition coefficient (Wildman–Crippen LogP) is 3.63. The molecule has 1 atom stereocenters. The third-order valence-corrected chi connectivity index (χ3v) is 2.43. The summed E-state index contributed by atoms with van der Waals surface area (Å²) in [6, 6.07) is 0. The predicted molar refractivity (Wildman–Crippen MR) is 62.8 cm³/mol. The van der Waals surface area contributed by atoms with Gasteiger partial charge in [0.2, 0.25) is 0 Å². The zero-order valence-electron chi connectivity index (χ0n) is 9.83. The standard InChI is InChI=1S/C13H22O2/c1-4-6-12(10-9-11(2)3)7-5-8-13(14)15/h6,11-12H,1,5,7-10H2,2-3H3,(H,14,15). The van der Waals surface area contributed by atoms with Gasteiger partial charge in [0.25, 0.3) is 0 Å². The fourth-order valence-electron chi connectivity index (χ4n) is 1.54. The van der Waals surface area contributed by atoms with E-state index in [2.05, 4.69) is 26.2 Å². The van der Waals surface area contributed by atoms with Crippen molar-refractivity contribution in [1.82, 2.24) is 0 Å². The maximum absolute atomic E-state index is 10.4.